The first-order valence-electron chi connectivity index (χ1n) is 5.78. The molecule has 102 valence electrons. The number of anilines is 1. The van der Waals surface area contributed by atoms with E-state index in [1.54, 1.807) is 30.2 Å². The van der Waals surface area contributed by atoms with E-state index in [1.807, 2.05) is 0 Å². The summed E-state index contributed by atoms with van der Waals surface area (Å²) < 4.78 is 10.6. The molecule has 1 amide bonds. The van der Waals surface area contributed by atoms with Crippen LogP contribution in [0.2, 0.25) is 0 Å². The Hall–Kier alpha value is -1.56. The van der Waals surface area contributed by atoms with Crippen LogP contribution in [0.4, 0.5) is 5.69 Å². The molecule has 1 unspecified atom stereocenters. The summed E-state index contributed by atoms with van der Waals surface area (Å²) in [6, 6.07) is 5.37. The summed E-state index contributed by atoms with van der Waals surface area (Å²) in [7, 11) is 2.91. The van der Waals surface area contributed by atoms with Crippen molar-refractivity contribution in [1.29, 1.82) is 0 Å². The van der Waals surface area contributed by atoms with Crippen LogP contribution in [-0.2, 0) is 14.3 Å². The minimum absolute atomic E-state index is 0.0764. The molecule has 1 aliphatic heterocycles. The average Bonchev–Trinajstić information content (AvgIpc) is 2.80. The summed E-state index contributed by atoms with van der Waals surface area (Å²) in [6.45, 7) is 0.351. The van der Waals surface area contributed by atoms with Crippen molar-refractivity contribution < 1.29 is 19.1 Å². The molecule has 0 aromatic heterocycles. The van der Waals surface area contributed by atoms with Gasteiger partial charge in [-0.05, 0) is 34.1 Å². The summed E-state index contributed by atoms with van der Waals surface area (Å²) in [5.41, 5.74) is 0.740. The van der Waals surface area contributed by atoms with Crippen LogP contribution in [-0.4, -0.2) is 32.6 Å². The van der Waals surface area contributed by atoms with E-state index in [4.69, 9.17) is 4.74 Å². The first-order valence-corrected chi connectivity index (χ1v) is 6.58. The zero-order valence-electron chi connectivity index (χ0n) is 10.7. The van der Waals surface area contributed by atoms with E-state index in [2.05, 4.69) is 20.7 Å². The molecule has 19 heavy (non-hydrogen) atoms. The molecule has 0 spiro atoms. The Morgan fingerprint density at radius 3 is 2.74 bits per heavy atom. The SMILES string of the molecule is COC(=O)C1CC(=O)N(c2ccc(OC)c(Br)c2)C1. The molecule has 0 N–H and O–H groups in total. The lowest BCUT2D eigenvalue weighted by Gasteiger charge is -2.17. The van der Waals surface area contributed by atoms with Crippen LogP contribution in [0.5, 0.6) is 5.75 Å². The molecule has 6 heteroatoms. The fourth-order valence-electron chi connectivity index (χ4n) is 2.10. The topological polar surface area (TPSA) is 55.8 Å². The van der Waals surface area contributed by atoms with E-state index in [9.17, 15) is 9.59 Å². The second kappa shape index (κ2) is 5.61. The van der Waals surface area contributed by atoms with Crippen LogP contribution < -0.4 is 9.64 Å². The molecular formula is C13H14BrNO4. The Balaban J connectivity index is 2.21. The van der Waals surface area contributed by atoms with Gasteiger partial charge >= 0.3 is 5.97 Å². The number of hydrogen-bond acceptors (Lipinski definition) is 4. The van der Waals surface area contributed by atoms with Gasteiger partial charge < -0.3 is 14.4 Å². The summed E-state index contributed by atoms with van der Waals surface area (Å²) >= 11 is 3.38. The molecule has 1 aromatic rings. The van der Waals surface area contributed by atoms with Crippen molar-refractivity contribution in [1.82, 2.24) is 0 Å². The van der Waals surface area contributed by atoms with Gasteiger partial charge in [0.1, 0.15) is 5.75 Å². The molecule has 1 aromatic carbocycles. The highest BCUT2D eigenvalue weighted by Gasteiger charge is 2.35. The van der Waals surface area contributed by atoms with E-state index < -0.39 is 5.92 Å². The minimum atomic E-state index is -0.390. The first kappa shape index (κ1) is 13.9. The molecule has 0 bridgehead atoms. The quantitative estimate of drug-likeness (QED) is 0.796. The number of hydrogen-bond donors (Lipinski definition) is 0. The Kier molecular flexibility index (Phi) is 4.09. The zero-order chi connectivity index (χ0) is 14.0. The van der Waals surface area contributed by atoms with Crippen molar-refractivity contribution in [2.24, 2.45) is 5.92 Å². The number of methoxy groups -OCH3 is 2. The Labute approximate surface area is 119 Å². The van der Waals surface area contributed by atoms with Crippen molar-refractivity contribution >= 4 is 33.5 Å². The number of esters is 1. The van der Waals surface area contributed by atoms with Crippen LogP contribution in [0.3, 0.4) is 0 Å². The number of ether oxygens (including phenoxy) is 2. The van der Waals surface area contributed by atoms with Crippen LogP contribution in [0.1, 0.15) is 6.42 Å². The molecule has 2 rings (SSSR count). The van der Waals surface area contributed by atoms with Gasteiger partial charge in [-0.2, -0.15) is 0 Å². The maximum atomic E-state index is 11.9. The molecule has 0 saturated carbocycles. The Bertz CT molecular complexity index is 517. The normalized spacial score (nSPS) is 18.6. The highest BCUT2D eigenvalue weighted by atomic mass is 79.9. The monoisotopic (exact) mass is 327 g/mol. The number of rotatable bonds is 3. The van der Waals surface area contributed by atoms with E-state index >= 15 is 0 Å². The van der Waals surface area contributed by atoms with E-state index in [0.29, 0.717) is 12.3 Å². The number of carbonyl (C=O) groups is 2. The smallest absolute Gasteiger partial charge is 0.311 e. The minimum Gasteiger partial charge on any atom is -0.496 e. The van der Waals surface area contributed by atoms with Gasteiger partial charge in [0.15, 0.2) is 0 Å². The second-order valence-corrected chi connectivity index (χ2v) is 5.10. The third kappa shape index (κ3) is 2.73. The summed E-state index contributed by atoms with van der Waals surface area (Å²) in [4.78, 5) is 25.0. The molecule has 1 aliphatic rings. The van der Waals surface area contributed by atoms with Gasteiger partial charge in [-0.3, -0.25) is 9.59 Å². The fourth-order valence-corrected chi connectivity index (χ4v) is 2.63. The predicted octanol–water partition coefficient (Wildman–Crippen LogP) is 1.98. The van der Waals surface area contributed by atoms with Crippen molar-refractivity contribution in [2.45, 2.75) is 6.42 Å². The largest absolute Gasteiger partial charge is 0.496 e. The van der Waals surface area contributed by atoms with E-state index in [0.717, 1.165) is 10.2 Å². The maximum Gasteiger partial charge on any atom is 0.311 e. The standard InChI is InChI=1S/C13H14BrNO4/c1-18-11-4-3-9(6-10(11)14)15-7-8(5-12(15)16)13(17)19-2/h3-4,6,8H,5,7H2,1-2H3. The lowest BCUT2D eigenvalue weighted by atomic mass is 10.1. The molecule has 1 atom stereocenters. The number of amides is 1. The number of benzene rings is 1. The van der Waals surface area contributed by atoms with Gasteiger partial charge in [0.2, 0.25) is 5.91 Å². The molecule has 1 saturated heterocycles. The lowest BCUT2D eigenvalue weighted by Crippen LogP contribution is -2.26. The van der Waals surface area contributed by atoms with Crippen molar-refractivity contribution in [3.63, 3.8) is 0 Å². The zero-order valence-corrected chi connectivity index (χ0v) is 12.3. The van der Waals surface area contributed by atoms with Gasteiger partial charge in [-0.25, -0.2) is 0 Å². The highest BCUT2D eigenvalue weighted by molar-refractivity contribution is 9.10. The molecular weight excluding hydrogens is 314 g/mol. The Morgan fingerprint density at radius 1 is 1.42 bits per heavy atom. The molecule has 1 fully saturated rings. The van der Waals surface area contributed by atoms with Crippen LogP contribution in [0, 0.1) is 5.92 Å². The highest BCUT2D eigenvalue weighted by Crippen LogP contribution is 2.32. The fraction of sp³-hybridized carbons (Fsp3) is 0.385. The van der Waals surface area contributed by atoms with E-state index in [-0.39, 0.29) is 18.3 Å². The third-order valence-corrected chi connectivity index (χ3v) is 3.73. The lowest BCUT2D eigenvalue weighted by molar-refractivity contribution is -0.145. The van der Waals surface area contributed by atoms with Gasteiger partial charge in [-0.15, -0.1) is 0 Å². The van der Waals surface area contributed by atoms with Gasteiger partial charge in [0, 0.05) is 18.7 Å². The maximum absolute atomic E-state index is 11.9. The van der Waals surface area contributed by atoms with Crippen molar-refractivity contribution in [2.75, 3.05) is 25.7 Å². The van der Waals surface area contributed by atoms with Crippen LogP contribution >= 0.6 is 15.9 Å². The Morgan fingerprint density at radius 2 is 2.16 bits per heavy atom. The molecule has 5 nitrogen and oxygen atoms in total. The number of carbonyl (C=O) groups excluding carboxylic acids is 2. The molecule has 0 radical (unpaired) electrons. The number of nitrogens with zero attached hydrogens (tertiary/aromatic N) is 1. The first-order chi connectivity index (χ1) is 9.06. The van der Waals surface area contributed by atoms with Crippen molar-refractivity contribution in [3.8, 4) is 5.75 Å². The average molecular weight is 328 g/mol. The molecule has 1 heterocycles. The van der Waals surface area contributed by atoms with Gasteiger partial charge in [0.05, 0.1) is 24.6 Å². The van der Waals surface area contributed by atoms with Crippen LogP contribution in [0.15, 0.2) is 22.7 Å². The third-order valence-electron chi connectivity index (χ3n) is 3.11. The number of halogens is 1. The van der Waals surface area contributed by atoms with E-state index in [1.165, 1.54) is 7.11 Å². The second-order valence-electron chi connectivity index (χ2n) is 4.25. The summed E-state index contributed by atoms with van der Waals surface area (Å²) in [5, 5.41) is 0. The summed E-state index contributed by atoms with van der Waals surface area (Å²) in [5.74, 6) is -0.116. The van der Waals surface area contributed by atoms with Crippen molar-refractivity contribution in [3.05, 3.63) is 22.7 Å². The van der Waals surface area contributed by atoms with Crippen LogP contribution in [0.25, 0.3) is 0 Å². The van der Waals surface area contributed by atoms with Gasteiger partial charge in [-0.1, -0.05) is 0 Å². The predicted molar refractivity (Wildman–Crippen MR) is 73.2 cm³/mol. The van der Waals surface area contributed by atoms with Gasteiger partial charge in [0.25, 0.3) is 0 Å². The molecule has 0 aliphatic carbocycles. The summed E-state index contributed by atoms with van der Waals surface area (Å²) in [6.07, 6.45) is 0.191.